The number of benzene rings is 1. The van der Waals surface area contributed by atoms with Crippen molar-refractivity contribution in [3.8, 4) is 5.75 Å². The number of hydrogen-bond donors (Lipinski definition) is 1. The first-order valence-electron chi connectivity index (χ1n) is 7.03. The smallest absolute Gasteiger partial charge is 0.142 e. The fourth-order valence-electron chi connectivity index (χ4n) is 2.62. The third kappa shape index (κ3) is 4.29. The van der Waals surface area contributed by atoms with Crippen LogP contribution in [-0.2, 0) is 0 Å². The summed E-state index contributed by atoms with van der Waals surface area (Å²) in [4.78, 5) is 2.40. The van der Waals surface area contributed by atoms with Gasteiger partial charge in [0.05, 0.1) is 12.3 Å². The van der Waals surface area contributed by atoms with Gasteiger partial charge in [0, 0.05) is 18.1 Å². The molecule has 1 atom stereocenters. The molecular weight excluding hydrogens is 260 g/mol. The molecule has 1 aromatic carbocycles. The number of ether oxygens (including phenoxy) is 1. The number of nitrogens with zero attached hydrogens (tertiary/aromatic N) is 1. The fraction of sp³-hybridized carbons (Fsp3) is 0.600. The van der Waals surface area contributed by atoms with Crippen molar-refractivity contribution < 1.29 is 4.74 Å². The topological polar surface area (TPSA) is 24.5 Å². The molecule has 0 aromatic heterocycles. The van der Waals surface area contributed by atoms with Crippen LogP contribution >= 0.6 is 11.6 Å². The molecular formula is C15H23ClN2O. The Hall–Kier alpha value is -0.930. The normalized spacial score (nSPS) is 20.3. The van der Waals surface area contributed by atoms with E-state index in [0.717, 1.165) is 29.5 Å². The number of piperidine rings is 1. The van der Waals surface area contributed by atoms with Crippen LogP contribution in [0.2, 0.25) is 5.02 Å². The Morgan fingerprint density at radius 1 is 1.47 bits per heavy atom. The van der Waals surface area contributed by atoms with Gasteiger partial charge in [-0.3, -0.25) is 0 Å². The Kier molecular flexibility index (Phi) is 5.34. The largest absolute Gasteiger partial charge is 0.492 e. The highest BCUT2D eigenvalue weighted by atomic mass is 35.5. The van der Waals surface area contributed by atoms with Crippen LogP contribution in [0.5, 0.6) is 5.75 Å². The zero-order chi connectivity index (χ0) is 13.7. The molecule has 0 spiro atoms. The zero-order valence-electron chi connectivity index (χ0n) is 11.8. The van der Waals surface area contributed by atoms with Gasteiger partial charge in [-0.2, -0.15) is 0 Å². The van der Waals surface area contributed by atoms with Crippen molar-refractivity contribution in [1.82, 2.24) is 4.90 Å². The highest BCUT2D eigenvalue weighted by Crippen LogP contribution is 2.28. The van der Waals surface area contributed by atoms with Gasteiger partial charge in [0.25, 0.3) is 0 Å². The average Bonchev–Trinajstić information content (AvgIpc) is 2.39. The molecule has 1 saturated heterocycles. The minimum absolute atomic E-state index is 0.669. The third-order valence-corrected chi connectivity index (χ3v) is 3.78. The first-order valence-corrected chi connectivity index (χ1v) is 7.41. The SMILES string of the molecule is CCOc1ccc(Cl)cc1NCC1CCCN(C)C1. The molecule has 0 amide bonds. The molecule has 1 N–H and O–H groups in total. The Morgan fingerprint density at radius 2 is 2.32 bits per heavy atom. The van der Waals surface area contributed by atoms with Gasteiger partial charge in [-0.15, -0.1) is 0 Å². The molecule has 2 rings (SSSR count). The lowest BCUT2D eigenvalue weighted by Gasteiger charge is -2.30. The quantitative estimate of drug-likeness (QED) is 0.895. The molecule has 1 aliphatic heterocycles. The molecule has 1 aliphatic rings. The van der Waals surface area contributed by atoms with Gasteiger partial charge < -0.3 is 15.0 Å². The van der Waals surface area contributed by atoms with Gasteiger partial charge in [0.15, 0.2) is 0 Å². The average molecular weight is 283 g/mol. The summed E-state index contributed by atoms with van der Waals surface area (Å²) in [6.45, 7) is 6.02. The molecule has 0 bridgehead atoms. The van der Waals surface area contributed by atoms with Crippen molar-refractivity contribution in [3.05, 3.63) is 23.2 Å². The van der Waals surface area contributed by atoms with E-state index in [1.165, 1.54) is 19.4 Å². The van der Waals surface area contributed by atoms with Gasteiger partial charge in [-0.1, -0.05) is 11.6 Å². The number of anilines is 1. The van der Waals surface area contributed by atoms with Crippen molar-refractivity contribution in [2.75, 3.05) is 38.6 Å². The van der Waals surface area contributed by atoms with Crippen molar-refractivity contribution in [2.24, 2.45) is 5.92 Å². The summed E-state index contributed by atoms with van der Waals surface area (Å²) >= 11 is 6.06. The van der Waals surface area contributed by atoms with Gasteiger partial charge in [0.2, 0.25) is 0 Å². The number of hydrogen-bond acceptors (Lipinski definition) is 3. The molecule has 1 fully saturated rings. The van der Waals surface area contributed by atoms with E-state index < -0.39 is 0 Å². The van der Waals surface area contributed by atoms with Crippen LogP contribution in [-0.4, -0.2) is 38.2 Å². The predicted molar refractivity (Wildman–Crippen MR) is 81.3 cm³/mol. The van der Waals surface area contributed by atoms with Crippen LogP contribution < -0.4 is 10.1 Å². The van der Waals surface area contributed by atoms with Crippen LogP contribution in [0.1, 0.15) is 19.8 Å². The first-order chi connectivity index (χ1) is 9.19. The minimum atomic E-state index is 0.669. The minimum Gasteiger partial charge on any atom is -0.492 e. The van der Waals surface area contributed by atoms with Gasteiger partial charge >= 0.3 is 0 Å². The maximum Gasteiger partial charge on any atom is 0.142 e. The standard InChI is InChI=1S/C15H23ClN2O/c1-3-19-15-7-6-13(16)9-14(15)17-10-12-5-4-8-18(2)11-12/h6-7,9,12,17H,3-5,8,10-11H2,1-2H3. The van der Waals surface area contributed by atoms with E-state index in [4.69, 9.17) is 16.3 Å². The van der Waals surface area contributed by atoms with Crippen LogP contribution in [0.4, 0.5) is 5.69 Å². The van der Waals surface area contributed by atoms with Crippen LogP contribution in [0, 0.1) is 5.92 Å². The second-order valence-corrected chi connectivity index (χ2v) is 5.66. The van der Waals surface area contributed by atoms with Crippen LogP contribution in [0.15, 0.2) is 18.2 Å². The van der Waals surface area contributed by atoms with Gasteiger partial charge in [-0.25, -0.2) is 0 Å². The zero-order valence-corrected chi connectivity index (χ0v) is 12.5. The second-order valence-electron chi connectivity index (χ2n) is 5.22. The summed E-state index contributed by atoms with van der Waals surface area (Å²) in [5.74, 6) is 1.59. The molecule has 0 aliphatic carbocycles. The maximum atomic E-state index is 6.06. The molecule has 1 aromatic rings. The lowest BCUT2D eigenvalue weighted by molar-refractivity contribution is 0.217. The van der Waals surface area contributed by atoms with E-state index in [1.54, 1.807) is 0 Å². The molecule has 3 nitrogen and oxygen atoms in total. The third-order valence-electron chi connectivity index (χ3n) is 3.54. The van der Waals surface area contributed by atoms with E-state index in [2.05, 4.69) is 17.3 Å². The maximum absolute atomic E-state index is 6.06. The summed E-state index contributed by atoms with van der Waals surface area (Å²) in [6, 6.07) is 5.74. The van der Waals surface area contributed by atoms with Crippen LogP contribution in [0.25, 0.3) is 0 Å². The summed E-state index contributed by atoms with van der Waals surface area (Å²) < 4.78 is 5.62. The molecule has 106 valence electrons. The molecule has 1 unspecified atom stereocenters. The van der Waals surface area contributed by atoms with E-state index >= 15 is 0 Å². The van der Waals surface area contributed by atoms with E-state index in [1.807, 2.05) is 25.1 Å². The summed E-state index contributed by atoms with van der Waals surface area (Å²) in [7, 11) is 2.19. The summed E-state index contributed by atoms with van der Waals surface area (Å²) in [5, 5.41) is 4.24. The van der Waals surface area contributed by atoms with Crippen molar-refractivity contribution in [1.29, 1.82) is 0 Å². The van der Waals surface area contributed by atoms with Crippen LogP contribution in [0.3, 0.4) is 0 Å². The van der Waals surface area contributed by atoms with E-state index in [9.17, 15) is 0 Å². The molecule has 19 heavy (non-hydrogen) atoms. The fourth-order valence-corrected chi connectivity index (χ4v) is 2.79. The molecule has 1 heterocycles. The summed E-state index contributed by atoms with van der Waals surface area (Å²) in [6.07, 6.45) is 2.58. The van der Waals surface area contributed by atoms with Gasteiger partial charge in [-0.05, 0) is 57.5 Å². The molecule has 0 radical (unpaired) electrons. The number of halogens is 1. The Bertz CT molecular complexity index is 411. The summed E-state index contributed by atoms with van der Waals surface area (Å²) in [5.41, 5.74) is 1.00. The lowest BCUT2D eigenvalue weighted by atomic mass is 9.98. The highest BCUT2D eigenvalue weighted by molar-refractivity contribution is 6.30. The number of nitrogens with one attached hydrogen (secondary N) is 1. The van der Waals surface area contributed by atoms with Gasteiger partial charge in [0.1, 0.15) is 5.75 Å². The monoisotopic (exact) mass is 282 g/mol. The van der Waals surface area contributed by atoms with Crippen molar-refractivity contribution in [3.63, 3.8) is 0 Å². The van der Waals surface area contributed by atoms with E-state index in [-0.39, 0.29) is 0 Å². The van der Waals surface area contributed by atoms with Crippen molar-refractivity contribution >= 4 is 17.3 Å². The van der Waals surface area contributed by atoms with Crippen molar-refractivity contribution in [2.45, 2.75) is 19.8 Å². The first kappa shape index (κ1) is 14.5. The second kappa shape index (κ2) is 7.01. The predicted octanol–water partition coefficient (Wildman–Crippen LogP) is 3.49. The highest BCUT2D eigenvalue weighted by Gasteiger charge is 2.17. The number of rotatable bonds is 5. The number of likely N-dealkylation sites (tertiary alicyclic amines) is 1. The Labute approximate surface area is 120 Å². The van der Waals surface area contributed by atoms with E-state index in [0.29, 0.717) is 12.5 Å². The molecule has 0 saturated carbocycles. The molecule has 4 heteroatoms. The Morgan fingerprint density at radius 3 is 3.05 bits per heavy atom. The lowest BCUT2D eigenvalue weighted by Crippen LogP contribution is -2.35. The Balaban J connectivity index is 1.95.